The Labute approximate surface area is 519 Å². The minimum Gasteiger partial charge on any atom is -0.378 e. The van der Waals surface area contributed by atoms with Gasteiger partial charge in [0.2, 0.25) is 0 Å². The fraction of sp³-hybridized carbons (Fsp3) is 0.571. The number of aromatic nitrogens is 16. The molecule has 8 fully saturated rings. The molecule has 10 aliphatic heterocycles. The van der Waals surface area contributed by atoms with Gasteiger partial charge in [0.05, 0.1) is 106 Å². The number of nitrogens with zero attached hydrogens (tertiary/aromatic N) is 24. The zero-order chi connectivity index (χ0) is 58.1. The maximum absolute atomic E-state index is 5.88. The average Bonchev–Trinajstić information content (AvgIpc) is 1.82. The Morgan fingerprint density at radius 1 is 0.202 bits per heavy atom. The fourth-order valence-corrected chi connectivity index (χ4v) is 12.7. The van der Waals surface area contributed by atoms with E-state index in [2.05, 4.69) is 39.2 Å². The molecule has 89 heavy (non-hydrogen) atoms. The van der Waals surface area contributed by atoms with Crippen molar-refractivity contribution in [3.8, 4) is 46.1 Å². The van der Waals surface area contributed by atoms with Gasteiger partial charge in [0.15, 0.2) is 46.5 Å². The van der Waals surface area contributed by atoms with Crippen LogP contribution in [0.5, 0.6) is 0 Å². The van der Waals surface area contributed by atoms with Crippen molar-refractivity contribution in [2.24, 2.45) is 0 Å². The molecule has 0 aromatic carbocycles. The second-order valence-corrected chi connectivity index (χ2v) is 22.6. The van der Waals surface area contributed by atoms with E-state index in [1.807, 2.05) is 0 Å². The fourth-order valence-electron chi connectivity index (χ4n) is 12.7. The molecule has 0 spiro atoms. The Morgan fingerprint density at radius 2 is 0.360 bits per heavy atom. The van der Waals surface area contributed by atoms with Crippen molar-refractivity contribution in [2.45, 2.75) is 0 Å². The predicted molar refractivity (Wildman–Crippen MR) is 321 cm³/mol. The number of rotatable bonds is 8. The third-order valence-electron chi connectivity index (χ3n) is 17.3. The van der Waals surface area contributed by atoms with E-state index in [4.69, 9.17) is 118 Å². The predicted octanol–water partition coefficient (Wildman–Crippen LogP) is -0.0223. The SMILES string of the molecule is C1CN(c2nc3c(nc2N2CCOCC2)-c2nc-3nc3[n-]c(nc4nc(nc5[n-]c(n2)c2nc(N6CCOCC6)c(N6CCOCC6)nc52)-c2nc(N5CCOCC5)c(N5CCOCC5)nc2-4)c2nc(N4CCOCC4)c(N4CCOCC4)nc32)CCO1.[Ni+2]. The molecule has 466 valence electrons. The maximum atomic E-state index is 5.88. The average molecular weight is 1260 g/mol. The van der Waals surface area contributed by atoms with Crippen LogP contribution in [0.25, 0.3) is 90.7 Å². The van der Waals surface area contributed by atoms with Crippen LogP contribution >= 0.6 is 0 Å². The van der Waals surface area contributed by atoms with E-state index >= 15 is 0 Å². The quantitative estimate of drug-likeness (QED) is 0.181. The minimum atomic E-state index is 0. The van der Waals surface area contributed by atoms with Gasteiger partial charge in [-0.15, -0.1) is 0 Å². The molecule has 0 atom stereocenters. The Kier molecular flexibility index (Phi) is 15.4. The van der Waals surface area contributed by atoms with Gasteiger partial charge in [-0.25, -0.2) is 49.8 Å². The van der Waals surface area contributed by atoms with Gasteiger partial charge >= 0.3 is 16.5 Å². The zero-order valence-corrected chi connectivity index (χ0v) is 49.9. The van der Waals surface area contributed by atoms with Crippen LogP contribution in [-0.2, 0) is 54.4 Å². The van der Waals surface area contributed by atoms with Crippen molar-refractivity contribution in [1.82, 2.24) is 79.7 Å². The van der Waals surface area contributed by atoms with Crippen molar-refractivity contribution in [2.75, 3.05) is 250 Å². The first-order chi connectivity index (χ1) is 43.6. The van der Waals surface area contributed by atoms with Crippen molar-refractivity contribution >= 4 is 91.2 Å². The first kappa shape index (κ1) is 56.5. The van der Waals surface area contributed by atoms with Crippen LogP contribution in [0.4, 0.5) is 46.5 Å². The zero-order valence-electron chi connectivity index (χ0n) is 48.9. The Balaban J connectivity index is 0.00000636. The molecule has 0 unspecified atom stereocenters. The van der Waals surface area contributed by atoms with Gasteiger partial charge < -0.3 is 107 Å². The number of hydrogen-bond acceptors (Lipinski definition) is 30. The molecular formula is C56H64N24NiO8. The molecule has 8 saturated heterocycles. The van der Waals surface area contributed by atoms with Crippen LogP contribution in [0, 0.1) is 0 Å². The molecule has 0 saturated carbocycles. The van der Waals surface area contributed by atoms with E-state index in [-0.39, 0.29) is 62.4 Å². The first-order valence-corrected chi connectivity index (χ1v) is 30.6. The van der Waals surface area contributed by atoms with E-state index in [1.165, 1.54) is 0 Å². The molecule has 10 aliphatic rings. The monoisotopic (exact) mass is 1260 g/mol. The van der Waals surface area contributed by atoms with Crippen LogP contribution in [-0.4, -0.2) is 280 Å². The molecule has 17 rings (SSSR count). The van der Waals surface area contributed by atoms with Crippen LogP contribution < -0.4 is 49.2 Å². The van der Waals surface area contributed by atoms with Gasteiger partial charge in [0, 0.05) is 127 Å². The number of hydrogen-bond donors (Lipinski definition) is 0. The van der Waals surface area contributed by atoms with Gasteiger partial charge in [-0.2, -0.15) is 0 Å². The Bertz CT molecular complexity index is 3490. The summed E-state index contributed by atoms with van der Waals surface area (Å²) in [6, 6.07) is 0. The third-order valence-corrected chi connectivity index (χ3v) is 17.3. The maximum Gasteiger partial charge on any atom is 2.00 e. The van der Waals surface area contributed by atoms with Crippen molar-refractivity contribution in [3.05, 3.63) is 0 Å². The molecule has 0 amide bonds. The number of morpholine rings is 8. The number of fused-ring (bicyclic) bond motifs is 20. The standard InChI is InChI=1S/C56H64N24O8.Ni/c1-17-81-18-2-73(1)49-50(74-3-19-82-20-4-74)58-34-33(57-49)41-65-42(34)70-44-37-38(62-54(78-11-27-86-28-12-78)53(61-37)77-9-25-85-26-10-77)46(67-44)72-48-40-39(63-55(79-13-29-87-30-14-79)56(64-40)80-15-31-88-32-16-80)47(68-48)71-45-36-35(43(66-45)69-41)59-51(75-5-21-83-22-6-75)52(60-36)76-7-23-84-24-8-76;/h1-32H2;/q-2;+2. The van der Waals surface area contributed by atoms with E-state index in [0.29, 0.717) is 302 Å². The van der Waals surface area contributed by atoms with Gasteiger partial charge in [-0.05, 0) is 0 Å². The van der Waals surface area contributed by atoms with E-state index in [1.54, 1.807) is 0 Å². The van der Waals surface area contributed by atoms with Crippen molar-refractivity contribution in [3.63, 3.8) is 0 Å². The van der Waals surface area contributed by atoms with Crippen LogP contribution in [0.15, 0.2) is 0 Å². The largest absolute Gasteiger partial charge is 2.00 e. The number of anilines is 8. The summed E-state index contributed by atoms with van der Waals surface area (Å²) in [5.41, 5.74) is 4.01. The van der Waals surface area contributed by atoms with Gasteiger partial charge in [0.1, 0.15) is 68.1 Å². The Hall–Kier alpha value is -7.75. The van der Waals surface area contributed by atoms with Crippen molar-refractivity contribution < 1.29 is 54.4 Å². The normalized spacial score (nSPS) is 20.3. The summed E-state index contributed by atoms with van der Waals surface area (Å²) in [5, 5.41) is 0. The second-order valence-electron chi connectivity index (χ2n) is 22.6. The molecule has 0 aliphatic carbocycles. The molecule has 33 heteroatoms. The summed E-state index contributed by atoms with van der Waals surface area (Å²) < 4.78 is 47.0. The van der Waals surface area contributed by atoms with Gasteiger partial charge in [-0.1, -0.05) is 0 Å². The molecule has 32 nitrogen and oxygen atoms in total. The summed E-state index contributed by atoms with van der Waals surface area (Å²) >= 11 is 0. The molecule has 7 aromatic heterocycles. The van der Waals surface area contributed by atoms with Gasteiger partial charge in [-0.3, -0.25) is 0 Å². The summed E-state index contributed by atoms with van der Waals surface area (Å²) in [4.78, 5) is 105. The molecule has 7 aromatic rings. The van der Waals surface area contributed by atoms with Crippen molar-refractivity contribution in [1.29, 1.82) is 0 Å². The molecule has 0 N–H and O–H groups in total. The van der Waals surface area contributed by atoms with Crippen LogP contribution in [0.2, 0.25) is 0 Å². The molecule has 8 bridgehead atoms. The third kappa shape index (κ3) is 10.5. The minimum absolute atomic E-state index is 0. The van der Waals surface area contributed by atoms with Crippen LogP contribution in [0.1, 0.15) is 0 Å². The van der Waals surface area contributed by atoms with Gasteiger partial charge in [0.25, 0.3) is 0 Å². The summed E-state index contributed by atoms with van der Waals surface area (Å²) in [6.07, 6.45) is 0. The number of ether oxygens (including phenoxy) is 8. The Morgan fingerprint density at radius 3 is 0.528 bits per heavy atom. The van der Waals surface area contributed by atoms with E-state index in [0.717, 1.165) is 0 Å². The topological polar surface area (TPSA) is 308 Å². The summed E-state index contributed by atoms with van der Waals surface area (Å²) in [7, 11) is 0. The van der Waals surface area contributed by atoms with Crippen LogP contribution in [0.3, 0.4) is 0 Å². The molecule has 17 heterocycles. The molecular weight excluding hydrogens is 1200 g/mol. The van der Waals surface area contributed by atoms with E-state index in [9.17, 15) is 0 Å². The molecule has 0 radical (unpaired) electrons. The second kappa shape index (κ2) is 24.2. The summed E-state index contributed by atoms with van der Waals surface area (Å²) in [6.45, 7) is 18.1. The first-order valence-electron chi connectivity index (χ1n) is 30.6. The van der Waals surface area contributed by atoms with E-state index < -0.39 is 0 Å². The smallest absolute Gasteiger partial charge is 0.378 e. The summed E-state index contributed by atoms with van der Waals surface area (Å²) in [5.74, 6) is 6.23.